The average Bonchev–Trinajstić information content (AvgIpc) is 1.35. The molecule has 0 aliphatic heterocycles. The first kappa shape index (κ1) is 5.82. The molecule has 0 radical (unpaired) electrons. The highest BCUT2D eigenvalue weighted by Crippen LogP contribution is 1.84. The molecule has 0 aliphatic rings. The zero-order valence-electron chi connectivity index (χ0n) is 3.49. The maximum Gasteiger partial charge on any atom is 0.434 e. The van der Waals surface area contributed by atoms with Crippen LogP contribution in [0, 0.1) is 0 Å². The molecule has 0 amide bonds. The highest BCUT2D eigenvalue weighted by molar-refractivity contribution is 6.49. The SMILES string of the molecule is CC=C[SiH](F)F. The van der Waals surface area contributed by atoms with Crippen LogP contribution in [0.25, 0.3) is 0 Å². The molecule has 0 fully saturated rings. The normalized spacial score (nSPS) is 11.3. The minimum absolute atomic E-state index is 0.972. The van der Waals surface area contributed by atoms with Crippen LogP contribution in [-0.4, -0.2) is 9.46 Å². The zero-order valence-corrected chi connectivity index (χ0v) is 4.64. The van der Waals surface area contributed by atoms with E-state index in [1.54, 1.807) is 6.92 Å². The number of allylic oxidation sites excluding steroid dienone is 1. The first-order valence-electron chi connectivity index (χ1n) is 1.68. The summed E-state index contributed by atoms with van der Waals surface area (Å²) in [6.45, 7) is 1.60. The van der Waals surface area contributed by atoms with Gasteiger partial charge in [-0.25, -0.2) is 0 Å². The molecule has 0 rings (SSSR count). The van der Waals surface area contributed by atoms with Gasteiger partial charge in [-0.3, -0.25) is 8.22 Å². The summed E-state index contributed by atoms with van der Waals surface area (Å²) in [4.78, 5) is 0. The summed E-state index contributed by atoms with van der Waals surface area (Å²) in [6.07, 6.45) is 1.39. The van der Waals surface area contributed by atoms with Gasteiger partial charge in [-0.05, 0) is 12.6 Å². The van der Waals surface area contributed by atoms with Crippen LogP contribution in [0.15, 0.2) is 11.8 Å². The lowest BCUT2D eigenvalue weighted by Crippen LogP contribution is -1.85. The van der Waals surface area contributed by atoms with Gasteiger partial charge in [-0.1, -0.05) is 6.08 Å². The van der Waals surface area contributed by atoms with Gasteiger partial charge in [0.1, 0.15) is 0 Å². The highest BCUT2D eigenvalue weighted by atomic mass is 28.4. The van der Waals surface area contributed by atoms with Crippen molar-refractivity contribution < 1.29 is 8.22 Å². The third kappa shape index (κ3) is 3.82. The minimum atomic E-state index is -3.35. The monoisotopic (exact) mass is 108 g/mol. The van der Waals surface area contributed by atoms with Crippen LogP contribution in [0.4, 0.5) is 8.22 Å². The third-order valence-corrected chi connectivity index (χ3v) is 1.01. The second-order valence-corrected chi connectivity index (χ2v) is 1.91. The molecule has 0 aromatic heterocycles. The van der Waals surface area contributed by atoms with Crippen LogP contribution in [0.2, 0.25) is 0 Å². The number of halogens is 2. The fourth-order valence-electron chi connectivity index (χ4n) is 0.145. The van der Waals surface area contributed by atoms with Crippen molar-refractivity contribution in [2.45, 2.75) is 6.92 Å². The minimum Gasteiger partial charge on any atom is -0.269 e. The summed E-state index contributed by atoms with van der Waals surface area (Å²) in [7, 11) is -3.35. The van der Waals surface area contributed by atoms with Gasteiger partial charge < -0.3 is 0 Å². The van der Waals surface area contributed by atoms with Gasteiger partial charge >= 0.3 is 9.46 Å². The van der Waals surface area contributed by atoms with E-state index in [2.05, 4.69) is 0 Å². The first-order chi connectivity index (χ1) is 2.77. The molecule has 0 bridgehead atoms. The van der Waals surface area contributed by atoms with Crippen molar-refractivity contribution in [3.8, 4) is 0 Å². The molecular weight excluding hydrogens is 102 g/mol. The summed E-state index contributed by atoms with van der Waals surface area (Å²) < 4.78 is 22.2. The van der Waals surface area contributed by atoms with E-state index in [9.17, 15) is 8.22 Å². The quantitative estimate of drug-likeness (QED) is 0.350. The molecular formula is C3H6F2Si. The molecule has 0 nitrogen and oxygen atoms in total. The lowest BCUT2D eigenvalue weighted by atomic mass is 10.8. The predicted octanol–water partition coefficient (Wildman–Crippen LogP) is 1.26. The molecule has 6 heavy (non-hydrogen) atoms. The molecule has 0 N–H and O–H groups in total. The molecule has 0 unspecified atom stereocenters. The van der Waals surface area contributed by atoms with Crippen molar-refractivity contribution in [1.29, 1.82) is 0 Å². The van der Waals surface area contributed by atoms with Gasteiger partial charge in [0.05, 0.1) is 0 Å². The molecule has 0 spiro atoms. The first-order valence-corrected chi connectivity index (χ1v) is 3.22. The van der Waals surface area contributed by atoms with E-state index in [4.69, 9.17) is 0 Å². The zero-order chi connectivity index (χ0) is 4.99. The Morgan fingerprint density at radius 1 is 1.50 bits per heavy atom. The second-order valence-electron chi connectivity index (χ2n) is 0.860. The van der Waals surface area contributed by atoms with Crippen molar-refractivity contribution >= 4 is 9.46 Å². The average molecular weight is 108 g/mol. The third-order valence-electron chi connectivity index (χ3n) is 0.338. The van der Waals surface area contributed by atoms with Gasteiger partial charge in [0, 0.05) is 0 Å². The predicted molar refractivity (Wildman–Crippen MR) is 24.2 cm³/mol. The number of rotatable bonds is 1. The summed E-state index contributed by atoms with van der Waals surface area (Å²) in [5.41, 5.74) is 0.972. The van der Waals surface area contributed by atoms with E-state index in [1.807, 2.05) is 0 Å². The molecule has 3 heteroatoms. The standard InChI is InChI=1S/C3H6F2Si/c1-2-3-6(4)5/h2-3,6H,1H3. The van der Waals surface area contributed by atoms with Crippen LogP contribution < -0.4 is 0 Å². The fraction of sp³-hybridized carbons (Fsp3) is 0.333. The van der Waals surface area contributed by atoms with Crippen LogP contribution in [0.5, 0.6) is 0 Å². The number of hydrogen-bond acceptors (Lipinski definition) is 0. The smallest absolute Gasteiger partial charge is 0.269 e. The topological polar surface area (TPSA) is 0 Å². The maximum atomic E-state index is 11.1. The Hall–Kier alpha value is -0.183. The van der Waals surface area contributed by atoms with Crippen molar-refractivity contribution in [3.63, 3.8) is 0 Å². The van der Waals surface area contributed by atoms with E-state index < -0.39 is 9.46 Å². The van der Waals surface area contributed by atoms with E-state index in [-0.39, 0.29) is 0 Å². The largest absolute Gasteiger partial charge is 0.434 e. The second kappa shape index (κ2) is 3.02. The van der Waals surface area contributed by atoms with Crippen molar-refractivity contribution in [2.75, 3.05) is 0 Å². The van der Waals surface area contributed by atoms with Crippen molar-refractivity contribution in [1.82, 2.24) is 0 Å². The summed E-state index contributed by atoms with van der Waals surface area (Å²) in [5, 5.41) is 0. The summed E-state index contributed by atoms with van der Waals surface area (Å²) in [5.74, 6) is 0. The van der Waals surface area contributed by atoms with Crippen molar-refractivity contribution in [3.05, 3.63) is 11.8 Å². The van der Waals surface area contributed by atoms with E-state index in [0.717, 1.165) is 5.70 Å². The maximum absolute atomic E-state index is 11.1. The molecule has 36 valence electrons. The van der Waals surface area contributed by atoms with Gasteiger partial charge in [0.2, 0.25) is 0 Å². The molecule has 0 atom stereocenters. The molecule has 0 saturated carbocycles. The van der Waals surface area contributed by atoms with Crippen molar-refractivity contribution in [2.24, 2.45) is 0 Å². The Bertz CT molecular complexity index is 50.8. The van der Waals surface area contributed by atoms with Crippen LogP contribution >= 0.6 is 0 Å². The van der Waals surface area contributed by atoms with E-state index in [0.29, 0.717) is 0 Å². The Morgan fingerprint density at radius 2 is 2.00 bits per heavy atom. The molecule has 0 saturated heterocycles. The highest BCUT2D eigenvalue weighted by Gasteiger charge is 1.94. The Balaban J connectivity index is 3.03. The van der Waals surface area contributed by atoms with Crippen LogP contribution in [0.1, 0.15) is 6.92 Å². The molecule has 0 aromatic carbocycles. The summed E-state index contributed by atoms with van der Waals surface area (Å²) in [6, 6.07) is 0. The Kier molecular flexibility index (Phi) is 2.93. The van der Waals surface area contributed by atoms with E-state index >= 15 is 0 Å². The number of hydrogen-bond donors (Lipinski definition) is 0. The molecule has 0 aliphatic carbocycles. The van der Waals surface area contributed by atoms with E-state index in [1.165, 1.54) is 6.08 Å². The molecule has 0 heterocycles. The lowest BCUT2D eigenvalue weighted by molar-refractivity contribution is 0.683. The summed E-state index contributed by atoms with van der Waals surface area (Å²) >= 11 is 0. The Morgan fingerprint density at radius 3 is 2.00 bits per heavy atom. The van der Waals surface area contributed by atoms with Gasteiger partial charge in [0.25, 0.3) is 0 Å². The Labute approximate surface area is 37.4 Å². The molecule has 0 aromatic rings. The lowest BCUT2D eigenvalue weighted by Gasteiger charge is -1.74. The van der Waals surface area contributed by atoms with Gasteiger partial charge in [-0.15, -0.1) is 0 Å². The van der Waals surface area contributed by atoms with Gasteiger partial charge in [-0.2, -0.15) is 0 Å². The van der Waals surface area contributed by atoms with Gasteiger partial charge in [0.15, 0.2) is 0 Å². The fourth-order valence-corrected chi connectivity index (χ4v) is 0.436. The van der Waals surface area contributed by atoms with Crippen LogP contribution in [0.3, 0.4) is 0 Å². The van der Waals surface area contributed by atoms with Crippen LogP contribution in [-0.2, 0) is 0 Å².